The highest BCUT2D eigenvalue weighted by atomic mass is 32.2. The molecule has 5 rings (SSSR count). The van der Waals surface area contributed by atoms with E-state index in [-0.39, 0.29) is 10.7 Å². The fourth-order valence-corrected chi connectivity index (χ4v) is 5.76. The number of aromatic nitrogens is 1. The predicted octanol–water partition coefficient (Wildman–Crippen LogP) is 5.17. The molecule has 0 spiro atoms. The normalized spacial score (nSPS) is 17.1. The van der Waals surface area contributed by atoms with E-state index in [9.17, 15) is 12.8 Å². The van der Waals surface area contributed by atoms with Crippen molar-refractivity contribution in [2.75, 3.05) is 13.7 Å². The molecule has 32 heavy (non-hydrogen) atoms. The van der Waals surface area contributed by atoms with Gasteiger partial charge in [0.05, 0.1) is 12.0 Å². The molecule has 1 atom stereocenters. The zero-order valence-electron chi connectivity index (χ0n) is 17.4. The van der Waals surface area contributed by atoms with Gasteiger partial charge in [0.25, 0.3) is 0 Å². The predicted molar refractivity (Wildman–Crippen MR) is 118 cm³/mol. The van der Waals surface area contributed by atoms with E-state index < -0.39 is 16.1 Å². The molecule has 8 heteroatoms. The number of halogens is 1. The third-order valence-electron chi connectivity index (χ3n) is 5.74. The molecule has 1 aliphatic rings. The van der Waals surface area contributed by atoms with Crippen LogP contribution < -0.4 is 4.74 Å². The van der Waals surface area contributed by atoms with Crippen LogP contribution in [-0.4, -0.2) is 31.4 Å². The third-order valence-corrected chi connectivity index (χ3v) is 7.67. The molecule has 0 amide bonds. The minimum absolute atomic E-state index is 0.197. The molecule has 6 nitrogen and oxygen atoms in total. The summed E-state index contributed by atoms with van der Waals surface area (Å²) in [6.45, 7) is 0.387. The van der Waals surface area contributed by atoms with Gasteiger partial charge in [-0.15, -0.1) is 0 Å². The van der Waals surface area contributed by atoms with Crippen molar-refractivity contribution in [1.29, 1.82) is 0 Å². The summed E-state index contributed by atoms with van der Waals surface area (Å²) in [5.41, 5.74) is 2.26. The SMILES string of the molecule is COc1ccc(S(=O)(=O)N2CCC[C@H]2c2nc3cc(-c4ccccc4F)ccc3o2)cc1. The zero-order chi connectivity index (χ0) is 22.3. The first kappa shape index (κ1) is 20.7. The fraction of sp³-hybridized carbons (Fsp3) is 0.208. The summed E-state index contributed by atoms with van der Waals surface area (Å²) in [5, 5.41) is 0. The quantitative estimate of drug-likeness (QED) is 0.418. The number of nitrogens with zero attached hydrogens (tertiary/aromatic N) is 2. The molecule has 0 radical (unpaired) electrons. The minimum Gasteiger partial charge on any atom is -0.497 e. The van der Waals surface area contributed by atoms with Crippen LogP contribution in [0, 0.1) is 5.82 Å². The lowest BCUT2D eigenvalue weighted by Crippen LogP contribution is -2.30. The summed E-state index contributed by atoms with van der Waals surface area (Å²) in [6, 6.07) is 17.6. The first-order valence-corrected chi connectivity index (χ1v) is 11.7. The second-order valence-corrected chi connectivity index (χ2v) is 9.55. The van der Waals surface area contributed by atoms with Crippen LogP contribution in [0.5, 0.6) is 5.75 Å². The maximum atomic E-state index is 14.2. The summed E-state index contributed by atoms with van der Waals surface area (Å²) in [4.78, 5) is 4.78. The second kappa shape index (κ2) is 8.03. The van der Waals surface area contributed by atoms with Crippen molar-refractivity contribution in [3.05, 3.63) is 78.4 Å². The molecule has 1 aliphatic heterocycles. The number of fused-ring (bicyclic) bond motifs is 1. The van der Waals surface area contributed by atoms with Gasteiger partial charge in [-0.2, -0.15) is 4.31 Å². The molecule has 1 saturated heterocycles. The van der Waals surface area contributed by atoms with E-state index in [1.165, 1.54) is 29.6 Å². The zero-order valence-corrected chi connectivity index (χ0v) is 18.2. The summed E-state index contributed by atoms with van der Waals surface area (Å²) in [7, 11) is -2.19. The van der Waals surface area contributed by atoms with E-state index in [0.29, 0.717) is 53.3 Å². The molecule has 0 aliphatic carbocycles. The molecule has 164 valence electrons. The van der Waals surface area contributed by atoms with Gasteiger partial charge < -0.3 is 9.15 Å². The number of methoxy groups -OCH3 is 1. The Morgan fingerprint density at radius 3 is 2.62 bits per heavy atom. The third kappa shape index (κ3) is 3.55. The van der Waals surface area contributed by atoms with Crippen LogP contribution in [0.15, 0.2) is 76.0 Å². The van der Waals surface area contributed by atoms with Gasteiger partial charge in [0.1, 0.15) is 23.1 Å². The second-order valence-electron chi connectivity index (χ2n) is 7.66. The fourth-order valence-electron chi connectivity index (χ4n) is 4.11. The van der Waals surface area contributed by atoms with Crippen LogP contribution in [0.2, 0.25) is 0 Å². The molecule has 0 saturated carbocycles. The number of benzene rings is 3. The summed E-state index contributed by atoms with van der Waals surface area (Å²) >= 11 is 0. The molecule has 0 bridgehead atoms. The Morgan fingerprint density at radius 1 is 1.09 bits per heavy atom. The Balaban J connectivity index is 1.49. The van der Waals surface area contributed by atoms with Crippen LogP contribution in [0.4, 0.5) is 4.39 Å². The Bertz CT molecular complexity index is 1380. The Hall–Kier alpha value is -3.23. The topological polar surface area (TPSA) is 72.6 Å². The molecule has 3 aromatic carbocycles. The lowest BCUT2D eigenvalue weighted by Gasteiger charge is -2.21. The minimum atomic E-state index is -3.73. The maximum Gasteiger partial charge on any atom is 0.243 e. The van der Waals surface area contributed by atoms with Crippen LogP contribution >= 0.6 is 0 Å². The van der Waals surface area contributed by atoms with Gasteiger partial charge in [-0.05, 0) is 60.9 Å². The van der Waals surface area contributed by atoms with Crippen molar-refractivity contribution in [3.63, 3.8) is 0 Å². The smallest absolute Gasteiger partial charge is 0.243 e. The van der Waals surface area contributed by atoms with E-state index in [1.54, 1.807) is 48.5 Å². The number of oxazole rings is 1. The Morgan fingerprint density at radius 2 is 1.88 bits per heavy atom. The van der Waals surface area contributed by atoms with E-state index in [1.807, 2.05) is 0 Å². The van der Waals surface area contributed by atoms with Crippen molar-refractivity contribution >= 4 is 21.1 Å². The number of rotatable bonds is 5. The monoisotopic (exact) mass is 452 g/mol. The van der Waals surface area contributed by atoms with E-state index in [4.69, 9.17) is 9.15 Å². The molecule has 2 heterocycles. The van der Waals surface area contributed by atoms with Crippen LogP contribution in [-0.2, 0) is 10.0 Å². The van der Waals surface area contributed by atoms with Crippen LogP contribution in [0.25, 0.3) is 22.2 Å². The number of ether oxygens (including phenoxy) is 1. The molecule has 1 aromatic heterocycles. The van der Waals surface area contributed by atoms with Gasteiger partial charge in [0, 0.05) is 12.1 Å². The van der Waals surface area contributed by atoms with Gasteiger partial charge in [-0.3, -0.25) is 0 Å². The van der Waals surface area contributed by atoms with Crippen LogP contribution in [0.1, 0.15) is 24.8 Å². The van der Waals surface area contributed by atoms with Crippen molar-refractivity contribution in [3.8, 4) is 16.9 Å². The molecule has 0 N–H and O–H groups in total. The number of hydrogen-bond acceptors (Lipinski definition) is 5. The van der Waals surface area contributed by atoms with Gasteiger partial charge in [0.2, 0.25) is 15.9 Å². The van der Waals surface area contributed by atoms with Crippen molar-refractivity contribution in [1.82, 2.24) is 9.29 Å². The highest BCUT2D eigenvalue weighted by molar-refractivity contribution is 7.89. The van der Waals surface area contributed by atoms with Crippen LogP contribution in [0.3, 0.4) is 0 Å². The largest absolute Gasteiger partial charge is 0.497 e. The highest BCUT2D eigenvalue weighted by Gasteiger charge is 2.39. The van der Waals surface area contributed by atoms with Gasteiger partial charge >= 0.3 is 0 Å². The van der Waals surface area contributed by atoms with Crippen molar-refractivity contribution in [2.24, 2.45) is 0 Å². The summed E-state index contributed by atoms with van der Waals surface area (Å²) in [5.74, 6) is 0.620. The molecule has 1 fully saturated rings. The molecular formula is C24H21FN2O4S. The average Bonchev–Trinajstić information content (AvgIpc) is 3.46. The van der Waals surface area contributed by atoms with Gasteiger partial charge in [-0.1, -0.05) is 24.3 Å². The van der Waals surface area contributed by atoms with E-state index in [0.717, 1.165) is 0 Å². The Kier molecular flexibility index (Phi) is 5.19. The van der Waals surface area contributed by atoms with Crippen molar-refractivity contribution < 1.29 is 22.0 Å². The molecule has 0 unspecified atom stereocenters. The molecule has 4 aromatic rings. The summed E-state index contributed by atoms with van der Waals surface area (Å²) in [6.07, 6.45) is 1.32. The average molecular weight is 453 g/mol. The lowest BCUT2D eigenvalue weighted by molar-refractivity contribution is 0.337. The standard InChI is InChI=1S/C24H21FN2O4S/c1-30-17-9-11-18(12-10-17)32(28,29)27-14-4-7-22(27)24-26-21-15-16(8-13-23(21)31-24)19-5-2-3-6-20(19)25/h2-3,5-6,8-13,15,22H,4,7,14H2,1H3/t22-/m0/s1. The first-order valence-electron chi connectivity index (χ1n) is 10.3. The van der Waals surface area contributed by atoms with Gasteiger partial charge in [0.15, 0.2) is 5.58 Å². The summed E-state index contributed by atoms with van der Waals surface area (Å²) < 4.78 is 53.3. The molecular weight excluding hydrogens is 431 g/mol. The highest BCUT2D eigenvalue weighted by Crippen LogP contribution is 2.38. The lowest BCUT2D eigenvalue weighted by atomic mass is 10.0. The number of hydrogen-bond donors (Lipinski definition) is 0. The van der Waals surface area contributed by atoms with E-state index in [2.05, 4.69) is 4.98 Å². The van der Waals surface area contributed by atoms with Crippen molar-refractivity contribution in [2.45, 2.75) is 23.8 Å². The maximum absolute atomic E-state index is 14.2. The Labute approximate surface area is 185 Å². The first-order chi connectivity index (χ1) is 15.5. The number of sulfonamides is 1. The van der Waals surface area contributed by atoms with Gasteiger partial charge in [-0.25, -0.2) is 17.8 Å². The van der Waals surface area contributed by atoms with E-state index >= 15 is 0 Å².